The number of benzene rings is 1. The topological polar surface area (TPSA) is 40.5 Å². The number of rotatable bonds is 7. The second-order valence-corrected chi connectivity index (χ2v) is 5.86. The fourth-order valence-corrected chi connectivity index (χ4v) is 3.10. The monoisotopic (exact) mass is 279 g/mol. The van der Waals surface area contributed by atoms with Crippen LogP contribution < -0.4 is 0 Å². The predicted molar refractivity (Wildman–Crippen MR) is 79.0 cm³/mol. The second kappa shape index (κ2) is 7.56. The van der Waals surface area contributed by atoms with Gasteiger partial charge in [-0.1, -0.05) is 30.3 Å². The maximum absolute atomic E-state index is 12.2. The molecule has 1 fully saturated rings. The van der Waals surface area contributed by atoms with Crippen LogP contribution in [0.15, 0.2) is 30.3 Å². The van der Waals surface area contributed by atoms with Gasteiger partial charge in [-0.3, -0.25) is 4.79 Å². The van der Waals surface area contributed by atoms with Gasteiger partial charge >= 0.3 is 0 Å². The first-order chi connectivity index (χ1) is 9.31. The predicted octanol–water partition coefficient (Wildman–Crippen LogP) is 2.29. The average Bonchev–Trinajstić information content (AvgIpc) is 2.37. The minimum atomic E-state index is 0.0611. The van der Waals surface area contributed by atoms with Crippen LogP contribution in [0.2, 0.25) is 0 Å². The van der Waals surface area contributed by atoms with Gasteiger partial charge in [-0.25, -0.2) is 0 Å². The summed E-state index contributed by atoms with van der Waals surface area (Å²) in [6.45, 7) is 0.543. The van der Waals surface area contributed by atoms with E-state index in [0.29, 0.717) is 18.3 Å². The summed E-state index contributed by atoms with van der Waals surface area (Å²) < 4.78 is 0. The summed E-state index contributed by atoms with van der Waals surface area (Å²) in [5, 5.41) is 9.06. The van der Waals surface area contributed by atoms with E-state index in [0.717, 1.165) is 18.6 Å². The van der Waals surface area contributed by atoms with E-state index in [2.05, 4.69) is 12.1 Å². The zero-order valence-electron chi connectivity index (χ0n) is 11.1. The van der Waals surface area contributed by atoms with Crippen LogP contribution in [0.5, 0.6) is 0 Å². The molecule has 3 nitrogen and oxygen atoms in total. The molecule has 1 N–H and O–H groups in total. The molecule has 2 rings (SSSR count). The maximum Gasteiger partial charge on any atom is 0.232 e. The van der Waals surface area contributed by atoms with Crippen molar-refractivity contribution in [1.82, 2.24) is 4.90 Å². The molecule has 104 valence electrons. The van der Waals surface area contributed by atoms with E-state index in [1.54, 1.807) is 11.8 Å². The number of thioether (sulfide) groups is 1. The molecular formula is C15H21NO2S. The van der Waals surface area contributed by atoms with Crippen molar-refractivity contribution in [3.8, 4) is 0 Å². The van der Waals surface area contributed by atoms with Crippen LogP contribution >= 0.6 is 11.8 Å². The molecule has 1 aliphatic carbocycles. The van der Waals surface area contributed by atoms with Crippen molar-refractivity contribution in [3.05, 3.63) is 35.9 Å². The van der Waals surface area contributed by atoms with Gasteiger partial charge in [0.1, 0.15) is 0 Å². The van der Waals surface area contributed by atoms with Crippen molar-refractivity contribution in [2.24, 2.45) is 0 Å². The second-order valence-electron chi connectivity index (χ2n) is 4.87. The van der Waals surface area contributed by atoms with Gasteiger partial charge < -0.3 is 10.0 Å². The Hall–Kier alpha value is -1.00. The quantitative estimate of drug-likeness (QED) is 0.832. The third-order valence-electron chi connectivity index (χ3n) is 3.51. The zero-order valence-corrected chi connectivity index (χ0v) is 11.9. The zero-order chi connectivity index (χ0) is 13.5. The minimum absolute atomic E-state index is 0.0611. The third-order valence-corrected chi connectivity index (χ3v) is 4.50. The van der Waals surface area contributed by atoms with Gasteiger partial charge in [0.25, 0.3) is 0 Å². The fraction of sp³-hybridized carbons (Fsp3) is 0.533. The molecule has 19 heavy (non-hydrogen) atoms. The molecule has 1 aromatic carbocycles. The molecule has 0 aromatic heterocycles. The van der Waals surface area contributed by atoms with E-state index < -0.39 is 0 Å². The first kappa shape index (κ1) is 14.4. The van der Waals surface area contributed by atoms with E-state index in [-0.39, 0.29) is 12.5 Å². The van der Waals surface area contributed by atoms with Gasteiger partial charge in [-0.05, 0) is 24.8 Å². The lowest BCUT2D eigenvalue weighted by Crippen LogP contribution is -2.46. The molecule has 1 aliphatic rings. The number of hydrogen-bond donors (Lipinski definition) is 1. The molecular weight excluding hydrogens is 258 g/mol. The highest BCUT2D eigenvalue weighted by atomic mass is 32.2. The molecule has 0 bridgehead atoms. The van der Waals surface area contributed by atoms with E-state index >= 15 is 0 Å². The van der Waals surface area contributed by atoms with Gasteiger partial charge in [0.15, 0.2) is 0 Å². The van der Waals surface area contributed by atoms with Crippen molar-refractivity contribution >= 4 is 17.7 Å². The Morgan fingerprint density at radius 1 is 1.32 bits per heavy atom. The molecule has 0 aliphatic heterocycles. The Balaban J connectivity index is 1.75. The molecule has 0 unspecified atom stereocenters. The average molecular weight is 279 g/mol. The van der Waals surface area contributed by atoms with E-state index in [4.69, 9.17) is 5.11 Å². The summed E-state index contributed by atoms with van der Waals surface area (Å²) in [5.74, 6) is 1.54. The molecule has 0 atom stereocenters. The van der Waals surface area contributed by atoms with Crippen molar-refractivity contribution in [2.45, 2.75) is 31.1 Å². The highest BCUT2D eigenvalue weighted by molar-refractivity contribution is 7.99. The maximum atomic E-state index is 12.2. The summed E-state index contributed by atoms with van der Waals surface area (Å²) in [7, 11) is 0. The summed E-state index contributed by atoms with van der Waals surface area (Å²) in [6.07, 6.45) is 3.39. The number of aliphatic hydroxyl groups is 1. The van der Waals surface area contributed by atoms with Crippen LogP contribution in [0.4, 0.5) is 0 Å². The highest BCUT2D eigenvalue weighted by Crippen LogP contribution is 2.25. The first-order valence-corrected chi connectivity index (χ1v) is 7.98. The smallest absolute Gasteiger partial charge is 0.232 e. The molecule has 0 spiro atoms. The van der Waals surface area contributed by atoms with Crippen molar-refractivity contribution in [2.75, 3.05) is 18.9 Å². The van der Waals surface area contributed by atoms with Crippen LogP contribution in [-0.4, -0.2) is 40.9 Å². The van der Waals surface area contributed by atoms with Gasteiger partial charge in [0, 0.05) is 18.3 Å². The highest BCUT2D eigenvalue weighted by Gasteiger charge is 2.27. The van der Waals surface area contributed by atoms with Gasteiger partial charge in [0.05, 0.1) is 12.4 Å². The molecule has 0 radical (unpaired) electrons. The largest absolute Gasteiger partial charge is 0.395 e. The van der Waals surface area contributed by atoms with Crippen LogP contribution in [0.3, 0.4) is 0 Å². The van der Waals surface area contributed by atoms with Crippen LogP contribution in [0.1, 0.15) is 24.8 Å². The minimum Gasteiger partial charge on any atom is -0.395 e. The number of nitrogens with zero attached hydrogens (tertiary/aromatic N) is 1. The number of carbonyl (C=O) groups excluding carboxylic acids is 1. The molecule has 4 heteroatoms. The van der Waals surface area contributed by atoms with Crippen LogP contribution in [-0.2, 0) is 10.5 Å². The number of amides is 1. The Labute approximate surface area is 119 Å². The lowest BCUT2D eigenvalue weighted by Gasteiger charge is -2.37. The lowest BCUT2D eigenvalue weighted by molar-refractivity contribution is -0.132. The number of carbonyl (C=O) groups is 1. The van der Waals surface area contributed by atoms with Crippen LogP contribution in [0, 0.1) is 0 Å². The molecule has 0 saturated heterocycles. The molecule has 1 saturated carbocycles. The standard InChI is InChI=1S/C15H21NO2S/c17-10-9-16(14-7-4-8-14)15(18)12-19-11-13-5-2-1-3-6-13/h1-3,5-6,14,17H,4,7-12H2. The third kappa shape index (κ3) is 4.25. The van der Waals surface area contributed by atoms with Gasteiger partial charge in [-0.15, -0.1) is 11.8 Å². The van der Waals surface area contributed by atoms with Crippen molar-refractivity contribution in [1.29, 1.82) is 0 Å². The lowest BCUT2D eigenvalue weighted by atomic mass is 9.91. The van der Waals surface area contributed by atoms with Gasteiger partial charge in [-0.2, -0.15) is 0 Å². The molecule has 1 aromatic rings. The number of aliphatic hydroxyl groups excluding tert-OH is 1. The Kier molecular flexibility index (Phi) is 5.73. The number of hydrogen-bond acceptors (Lipinski definition) is 3. The Bertz CT molecular complexity index is 392. The van der Waals surface area contributed by atoms with Crippen molar-refractivity contribution in [3.63, 3.8) is 0 Å². The summed E-state index contributed by atoms with van der Waals surface area (Å²) in [6, 6.07) is 10.6. The van der Waals surface area contributed by atoms with E-state index in [9.17, 15) is 4.79 Å². The first-order valence-electron chi connectivity index (χ1n) is 6.83. The van der Waals surface area contributed by atoms with Crippen molar-refractivity contribution < 1.29 is 9.90 Å². The Morgan fingerprint density at radius 3 is 2.63 bits per heavy atom. The summed E-state index contributed by atoms with van der Waals surface area (Å²) in [5.41, 5.74) is 1.25. The molecule has 1 amide bonds. The van der Waals surface area contributed by atoms with Crippen LogP contribution in [0.25, 0.3) is 0 Å². The summed E-state index contributed by atoms with van der Waals surface area (Å²) >= 11 is 1.65. The fourth-order valence-electron chi connectivity index (χ4n) is 2.23. The van der Waals surface area contributed by atoms with E-state index in [1.807, 2.05) is 23.1 Å². The normalized spacial score (nSPS) is 15.0. The summed E-state index contributed by atoms with van der Waals surface area (Å²) in [4.78, 5) is 14.0. The SMILES string of the molecule is O=C(CSCc1ccccc1)N(CCO)C1CCC1. The van der Waals surface area contributed by atoms with E-state index in [1.165, 1.54) is 12.0 Å². The van der Waals surface area contributed by atoms with Gasteiger partial charge in [0.2, 0.25) is 5.91 Å². The Morgan fingerprint density at radius 2 is 2.05 bits per heavy atom. The molecule has 0 heterocycles.